The lowest BCUT2D eigenvalue weighted by molar-refractivity contribution is -0.144. The number of benzene rings is 1. The fourth-order valence-electron chi connectivity index (χ4n) is 1.93. The third-order valence-corrected chi connectivity index (χ3v) is 3.37. The number of carbonyl (C=O) groups excluding carboxylic acids is 3. The van der Waals surface area contributed by atoms with Crippen LogP contribution in [0, 0.1) is 0 Å². The summed E-state index contributed by atoms with van der Waals surface area (Å²) in [7, 11) is 2.43. The molecule has 1 unspecified atom stereocenters. The minimum atomic E-state index is -0.980. The van der Waals surface area contributed by atoms with Gasteiger partial charge in [0.2, 0.25) is 0 Å². The molecule has 9 heteroatoms. The molecule has 0 saturated carbocycles. The van der Waals surface area contributed by atoms with E-state index in [0.717, 1.165) is 0 Å². The van der Waals surface area contributed by atoms with E-state index < -0.39 is 24.0 Å². The number of urea groups is 1. The number of esters is 2. The van der Waals surface area contributed by atoms with Crippen LogP contribution in [0.3, 0.4) is 0 Å². The molecule has 1 atom stereocenters. The van der Waals surface area contributed by atoms with Crippen LogP contribution < -0.4 is 10.6 Å². The minimum absolute atomic E-state index is 0.0367. The molecule has 1 aromatic carbocycles. The maximum atomic E-state index is 12.0. The summed E-state index contributed by atoms with van der Waals surface area (Å²) < 4.78 is 9.12. The van der Waals surface area contributed by atoms with E-state index >= 15 is 0 Å². The first-order valence-corrected chi connectivity index (χ1v) is 7.42. The fourth-order valence-corrected chi connectivity index (χ4v) is 1.93. The summed E-state index contributed by atoms with van der Waals surface area (Å²) >= 11 is 0. The Morgan fingerprint density at radius 3 is 2.32 bits per heavy atom. The van der Waals surface area contributed by atoms with Crippen LogP contribution in [0.15, 0.2) is 29.4 Å². The van der Waals surface area contributed by atoms with Crippen molar-refractivity contribution in [3.05, 3.63) is 29.8 Å². The zero-order chi connectivity index (χ0) is 18.8. The summed E-state index contributed by atoms with van der Waals surface area (Å²) in [6.07, 6.45) is 0.0167. The maximum absolute atomic E-state index is 12.0. The first-order chi connectivity index (χ1) is 11.9. The van der Waals surface area contributed by atoms with Gasteiger partial charge in [-0.15, -0.1) is 0 Å². The van der Waals surface area contributed by atoms with E-state index in [9.17, 15) is 14.4 Å². The van der Waals surface area contributed by atoms with Gasteiger partial charge in [0.1, 0.15) is 6.04 Å². The summed E-state index contributed by atoms with van der Waals surface area (Å²) in [6, 6.07) is 4.96. The van der Waals surface area contributed by atoms with Gasteiger partial charge in [-0.1, -0.05) is 17.3 Å². The number of rotatable bonds is 7. The highest BCUT2D eigenvalue weighted by atomic mass is 16.5. The predicted octanol–water partition coefficient (Wildman–Crippen LogP) is 1.50. The molecule has 0 saturated heterocycles. The van der Waals surface area contributed by atoms with E-state index in [1.165, 1.54) is 14.2 Å². The lowest BCUT2D eigenvalue weighted by atomic mass is 10.1. The number of amides is 2. The Morgan fingerprint density at radius 2 is 1.80 bits per heavy atom. The van der Waals surface area contributed by atoms with Gasteiger partial charge in [0.25, 0.3) is 0 Å². The van der Waals surface area contributed by atoms with Gasteiger partial charge < -0.3 is 25.3 Å². The molecule has 9 nitrogen and oxygen atoms in total. The maximum Gasteiger partial charge on any atom is 0.328 e. The van der Waals surface area contributed by atoms with Crippen molar-refractivity contribution in [2.45, 2.75) is 25.8 Å². The van der Waals surface area contributed by atoms with Crippen molar-refractivity contribution in [2.75, 3.05) is 19.5 Å². The van der Waals surface area contributed by atoms with Crippen LogP contribution in [0.4, 0.5) is 10.5 Å². The number of hydrogen-bond donors (Lipinski definition) is 3. The number of nitrogens with one attached hydrogen (secondary N) is 2. The van der Waals surface area contributed by atoms with E-state index in [4.69, 9.17) is 5.21 Å². The molecule has 0 aliphatic rings. The van der Waals surface area contributed by atoms with E-state index in [-0.39, 0.29) is 12.8 Å². The first kappa shape index (κ1) is 19.9. The Bertz CT molecular complexity index is 642. The molecule has 0 fully saturated rings. The van der Waals surface area contributed by atoms with E-state index in [1.54, 1.807) is 31.2 Å². The van der Waals surface area contributed by atoms with Gasteiger partial charge in [-0.25, -0.2) is 9.59 Å². The molecule has 1 rings (SSSR count). The molecular formula is C16H21N3O6. The highest BCUT2D eigenvalue weighted by molar-refractivity contribution is 5.99. The number of oxime groups is 1. The number of methoxy groups -OCH3 is 2. The Morgan fingerprint density at radius 1 is 1.16 bits per heavy atom. The Hall–Kier alpha value is -3.10. The molecule has 0 radical (unpaired) electrons. The number of nitrogens with zero attached hydrogens (tertiary/aromatic N) is 1. The molecule has 0 bridgehead atoms. The third kappa shape index (κ3) is 6.50. The van der Waals surface area contributed by atoms with Crippen molar-refractivity contribution in [3.8, 4) is 0 Å². The van der Waals surface area contributed by atoms with Crippen molar-refractivity contribution in [1.82, 2.24) is 5.32 Å². The molecule has 0 aromatic heterocycles. The van der Waals surface area contributed by atoms with Crippen molar-refractivity contribution in [3.63, 3.8) is 0 Å². The lowest BCUT2D eigenvalue weighted by Crippen LogP contribution is -2.43. The predicted molar refractivity (Wildman–Crippen MR) is 89.6 cm³/mol. The third-order valence-electron chi connectivity index (χ3n) is 3.37. The zero-order valence-corrected chi connectivity index (χ0v) is 14.2. The largest absolute Gasteiger partial charge is 0.469 e. The van der Waals surface area contributed by atoms with Crippen LogP contribution in [0.1, 0.15) is 25.3 Å². The quantitative estimate of drug-likeness (QED) is 0.296. The van der Waals surface area contributed by atoms with E-state index in [1.807, 2.05) is 0 Å². The number of carbonyl (C=O) groups is 3. The summed E-state index contributed by atoms with van der Waals surface area (Å²) in [5, 5.41) is 16.8. The molecule has 0 spiro atoms. The number of hydrogen-bond acceptors (Lipinski definition) is 7. The normalized spacial score (nSPS) is 12.0. The van der Waals surface area contributed by atoms with Gasteiger partial charge in [-0.2, -0.15) is 0 Å². The summed E-state index contributed by atoms with van der Waals surface area (Å²) in [5.74, 6) is -1.16. The average Bonchev–Trinajstić information content (AvgIpc) is 2.63. The van der Waals surface area contributed by atoms with Crippen LogP contribution >= 0.6 is 0 Å². The van der Waals surface area contributed by atoms with Crippen molar-refractivity contribution in [1.29, 1.82) is 0 Å². The van der Waals surface area contributed by atoms with Crippen molar-refractivity contribution in [2.24, 2.45) is 5.16 Å². The van der Waals surface area contributed by atoms with Crippen molar-refractivity contribution < 1.29 is 29.1 Å². The smallest absolute Gasteiger partial charge is 0.328 e. The van der Waals surface area contributed by atoms with E-state index in [0.29, 0.717) is 17.0 Å². The monoisotopic (exact) mass is 351 g/mol. The molecule has 0 aliphatic heterocycles. The molecule has 0 heterocycles. The molecule has 3 N–H and O–H groups in total. The average molecular weight is 351 g/mol. The molecule has 136 valence electrons. The summed E-state index contributed by atoms with van der Waals surface area (Å²) in [6.45, 7) is 1.64. The highest BCUT2D eigenvalue weighted by Crippen LogP contribution is 2.11. The van der Waals surface area contributed by atoms with Crippen LogP contribution in [-0.2, 0) is 19.1 Å². The van der Waals surface area contributed by atoms with Crippen LogP contribution in [0.2, 0.25) is 0 Å². The molecule has 25 heavy (non-hydrogen) atoms. The molecule has 0 aliphatic carbocycles. The lowest BCUT2D eigenvalue weighted by Gasteiger charge is -2.16. The number of anilines is 1. The molecular weight excluding hydrogens is 330 g/mol. The van der Waals surface area contributed by atoms with Gasteiger partial charge in [-0.05, 0) is 31.0 Å². The fraction of sp³-hybridized carbons (Fsp3) is 0.375. The minimum Gasteiger partial charge on any atom is -0.469 e. The second kappa shape index (κ2) is 9.91. The summed E-state index contributed by atoms with van der Waals surface area (Å²) in [5.41, 5.74) is 1.60. The van der Waals surface area contributed by atoms with E-state index in [2.05, 4.69) is 25.3 Å². The van der Waals surface area contributed by atoms with Gasteiger partial charge >= 0.3 is 18.0 Å². The Kier molecular flexibility index (Phi) is 7.91. The SMILES string of the molecule is COC(=O)CCC(NC(=O)Nc1ccc(C(C)=NO)cc1)C(=O)OC. The van der Waals surface area contributed by atoms with Gasteiger partial charge in [0.15, 0.2) is 0 Å². The summed E-state index contributed by atoms with van der Waals surface area (Å²) in [4.78, 5) is 34.9. The zero-order valence-electron chi connectivity index (χ0n) is 14.2. The molecule has 1 aromatic rings. The van der Waals surface area contributed by atoms with Gasteiger partial charge in [0, 0.05) is 12.1 Å². The Balaban J connectivity index is 2.67. The van der Waals surface area contributed by atoms with Crippen molar-refractivity contribution >= 4 is 29.4 Å². The topological polar surface area (TPSA) is 126 Å². The van der Waals surface area contributed by atoms with Crippen LogP contribution in [-0.4, -0.2) is 49.2 Å². The Labute approximate surface area is 145 Å². The highest BCUT2D eigenvalue weighted by Gasteiger charge is 2.22. The van der Waals surface area contributed by atoms with Crippen LogP contribution in [0.25, 0.3) is 0 Å². The van der Waals surface area contributed by atoms with Gasteiger partial charge in [0.05, 0.1) is 19.9 Å². The van der Waals surface area contributed by atoms with Gasteiger partial charge in [-0.3, -0.25) is 4.79 Å². The standard InChI is InChI=1S/C16H21N3O6/c1-10(19-23)11-4-6-12(7-5-11)17-16(22)18-13(15(21)25-3)8-9-14(20)24-2/h4-7,13,23H,8-9H2,1-3H3,(H2,17,18,22). The van der Waals surface area contributed by atoms with Crippen LogP contribution in [0.5, 0.6) is 0 Å². The number of ether oxygens (including phenoxy) is 2. The molecule has 2 amide bonds. The first-order valence-electron chi connectivity index (χ1n) is 7.42. The second-order valence-electron chi connectivity index (χ2n) is 5.05. The second-order valence-corrected chi connectivity index (χ2v) is 5.05.